The maximum absolute atomic E-state index is 12.7. The van der Waals surface area contributed by atoms with Crippen LogP contribution in [0.15, 0.2) is 36.5 Å². The molecule has 140 valence electrons. The van der Waals surface area contributed by atoms with Gasteiger partial charge < -0.3 is 14.2 Å². The van der Waals surface area contributed by atoms with E-state index in [9.17, 15) is 13.2 Å². The van der Waals surface area contributed by atoms with Crippen molar-refractivity contribution in [2.24, 2.45) is 0 Å². The molecule has 2 rings (SSSR count). The largest absolute Gasteiger partial charge is 0.491 e. The number of hydrogen-bond donors (Lipinski definition) is 0. The van der Waals surface area contributed by atoms with E-state index in [1.807, 2.05) is 6.92 Å². The highest BCUT2D eigenvalue weighted by Crippen LogP contribution is 2.36. The average Bonchev–Trinajstić information content (AvgIpc) is 2.58. The maximum atomic E-state index is 12.7. The van der Waals surface area contributed by atoms with Crippen LogP contribution >= 0.6 is 11.6 Å². The number of benzene rings is 1. The molecule has 0 spiro atoms. The Bertz CT molecular complexity index is 779. The van der Waals surface area contributed by atoms with Crippen molar-refractivity contribution in [3.63, 3.8) is 0 Å². The number of pyridine rings is 1. The van der Waals surface area contributed by atoms with Crippen LogP contribution in [0.1, 0.15) is 18.1 Å². The summed E-state index contributed by atoms with van der Waals surface area (Å²) < 4.78 is 54.2. The van der Waals surface area contributed by atoms with E-state index in [4.69, 9.17) is 25.8 Å². The summed E-state index contributed by atoms with van der Waals surface area (Å²) in [5.41, 5.74) is -0.246. The Hall–Kier alpha value is -2.25. The lowest BCUT2D eigenvalue weighted by atomic mass is 10.2. The minimum atomic E-state index is -4.53. The number of rotatable bonds is 7. The highest BCUT2D eigenvalue weighted by molar-refractivity contribution is 6.31. The van der Waals surface area contributed by atoms with Gasteiger partial charge >= 0.3 is 6.18 Å². The number of ether oxygens (including phenoxy) is 3. The molecule has 0 N–H and O–H groups in total. The first-order valence-electron chi connectivity index (χ1n) is 7.64. The lowest BCUT2D eigenvalue weighted by Crippen LogP contribution is -2.06. The summed E-state index contributed by atoms with van der Waals surface area (Å²) in [5, 5.41) is -0.239. The third-order valence-electron chi connectivity index (χ3n) is 3.23. The Morgan fingerprint density at radius 3 is 2.58 bits per heavy atom. The van der Waals surface area contributed by atoms with Gasteiger partial charge in [0.05, 0.1) is 12.2 Å². The van der Waals surface area contributed by atoms with Gasteiger partial charge in [0.15, 0.2) is 0 Å². The van der Waals surface area contributed by atoms with Gasteiger partial charge in [-0.25, -0.2) is 4.98 Å². The van der Waals surface area contributed by atoms with E-state index in [0.717, 1.165) is 6.07 Å². The summed E-state index contributed by atoms with van der Waals surface area (Å²) in [6.07, 6.45) is -0.266. The molecule has 2 aromatic rings. The van der Waals surface area contributed by atoms with E-state index in [-0.39, 0.29) is 10.9 Å². The van der Waals surface area contributed by atoms with Gasteiger partial charge in [-0.3, -0.25) is 0 Å². The molecule has 0 fully saturated rings. The lowest BCUT2D eigenvalue weighted by molar-refractivity contribution is -0.137. The number of allylic oxidation sites excluding steroid dienone is 1. The summed E-state index contributed by atoms with van der Waals surface area (Å²) in [5.74, 6) is 0.750. The molecule has 26 heavy (non-hydrogen) atoms. The van der Waals surface area contributed by atoms with Gasteiger partial charge in [0.1, 0.15) is 23.1 Å². The number of methoxy groups -OCH3 is 1. The minimum absolute atomic E-state index is 0.125. The van der Waals surface area contributed by atoms with Crippen LogP contribution in [0.5, 0.6) is 17.4 Å². The molecular formula is C18H17ClF3NO3. The molecule has 0 saturated heterocycles. The fourth-order valence-electron chi connectivity index (χ4n) is 2.01. The molecule has 0 aliphatic carbocycles. The predicted molar refractivity (Wildman–Crippen MR) is 92.8 cm³/mol. The molecule has 0 aliphatic heterocycles. The molecule has 0 radical (unpaired) electrons. The quantitative estimate of drug-likeness (QED) is 0.579. The first kappa shape index (κ1) is 20.1. The molecule has 4 nitrogen and oxygen atoms in total. The molecule has 1 aromatic heterocycles. The second-order valence-corrected chi connectivity index (χ2v) is 5.56. The predicted octanol–water partition coefficient (Wildman–Crippen LogP) is 5.60. The number of aromatic nitrogens is 1. The van der Waals surface area contributed by atoms with Crippen molar-refractivity contribution in [3.05, 3.63) is 52.7 Å². The maximum Gasteiger partial charge on any atom is 0.417 e. The zero-order valence-corrected chi connectivity index (χ0v) is 14.9. The van der Waals surface area contributed by atoms with Crippen LogP contribution in [0.2, 0.25) is 5.02 Å². The first-order valence-corrected chi connectivity index (χ1v) is 8.02. The van der Waals surface area contributed by atoms with Crippen LogP contribution < -0.4 is 9.47 Å². The average molecular weight is 388 g/mol. The fourth-order valence-corrected chi connectivity index (χ4v) is 2.22. The van der Waals surface area contributed by atoms with Crippen molar-refractivity contribution < 1.29 is 27.4 Å². The van der Waals surface area contributed by atoms with E-state index in [2.05, 4.69) is 4.98 Å². The van der Waals surface area contributed by atoms with E-state index in [1.54, 1.807) is 37.5 Å². The summed E-state index contributed by atoms with van der Waals surface area (Å²) in [4.78, 5) is 3.69. The van der Waals surface area contributed by atoms with Crippen molar-refractivity contribution in [1.82, 2.24) is 4.98 Å². The van der Waals surface area contributed by atoms with Crippen molar-refractivity contribution in [2.75, 3.05) is 20.3 Å². The molecule has 0 unspecified atom stereocenters. The zero-order chi connectivity index (χ0) is 19.2. The second kappa shape index (κ2) is 8.91. The summed E-state index contributed by atoms with van der Waals surface area (Å²) >= 11 is 5.90. The zero-order valence-electron chi connectivity index (χ0n) is 14.1. The minimum Gasteiger partial charge on any atom is -0.491 e. The molecule has 0 amide bonds. The summed E-state index contributed by atoms with van der Waals surface area (Å²) in [6.45, 7) is 2.59. The Morgan fingerprint density at radius 1 is 1.19 bits per heavy atom. The standard InChI is InChI=1S/C18H17ClF3NO3/c1-3-4-12-5-6-14(25-8-7-24-2)10-16(12)26-17-15(19)9-13(11-23-17)18(20,21)22/h3-6,9-11H,7-8H2,1-2H3/b4-3+. The lowest BCUT2D eigenvalue weighted by Gasteiger charge is -2.13. The van der Waals surface area contributed by atoms with Crippen molar-refractivity contribution in [1.29, 1.82) is 0 Å². The van der Waals surface area contributed by atoms with Crippen molar-refractivity contribution in [3.8, 4) is 17.4 Å². The van der Waals surface area contributed by atoms with Crippen LogP contribution in [0.4, 0.5) is 13.2 Å². The molecular weight excluding hydrogens is 371 g/mol. The monoisotopic (exact) mass is 387 g/mol. The van der Waals surface area contributed by atoms with Gasteiger partial charge in [0, 0.05) is 24.9 Å². The Kier molecular flexibility index (Phi) is 6.88. The topological polar surface area (TPSA) is 40.6 Å². The van der Waals surface area contributed by atoms with Gasteiger partial charge in [-0.1, -0.05) is 23.8 Å². The SMILES string of the molecule is C/C=C/c1ccc(OCCOC)cc1Oc1ncc(C(F)(F)F)cc1Cl. The highest BCUT2D eigenvalue weighted by Gasteiger charge is 2.31. The molecule has 8 heteroatoms. The third kappa shape index (κ3) is 5.37. The number of hydrogen-bond acceptors (Lipinski definition) is 4. The number of alkyl halides is 3. The highest BCUT2D eigenvalue weighted by atomic mass is 35.5. The molecule has 0 atom stereocenters. The molecule has 0 bridgehead atoms. The normalized spacial score (nSPS) is 11.8. The van der Waals surface area contributed by atoms with Gasteiger partial charge in [0.2, 0.25) is 5.88 Å². The van der Waals surface area contributed by atoms with E-state index >= 15 is 0 Å². The summed E-state index contributed by atoms with van der Waals surface area (Å²) in [6, 6.07) is 5.90. The van der Waals surface area contributed by atoms with Crippen LogP contribution in [0.25, 0.3) is 6.08 Å². The Balaban J connectivity index is 2.30. The number of halogens is 4. The van der Waals surface area contributed by atoms with Gasteiger partial charge in [-0.2, -0.15) is 13.2 Å². The van der Waals surface area contributed by atoms with E-state index < -0.39 is 11.7 Å². The fraction of sp³-hybridized carbons (Fsp3) is 0.278. The van der Waals surface area contributed by atoms with Crippen molar-refractivity contribution >= 4 is 17.7 Å². The molecule has 1 aromatic carbocycles. The Labute approximate surface area is 154 Å². The Morgan fingerprint density at radius 2 is 1.96 bits per heavy atom. The van der Waals surface area contributed by atoms with Gasteiger partial charge in [-0.15, -0.1) is 0 Å². The van der Waals surface area contributed by atoms with Crippen LogP contribution in [-0.2, 0) is 10.9 Å². The molecule has 1 heterocycles. The van der Waals surface area contributed by atoms with E-state index in [0.29, 0.717) is 36.5 Å². The summed E-state index contributed by atoms with van der Waals surface area (Å²) in [7, 11) is 1.56. The van der Waals surface area contributed by atoms with Gasteiger partial charge in [-0.05, 0) is 25.1 Å². The number of nitrogens with zero attached hydrogens (tertiary/aromatic N) is 1. The van der Waals surface area contributed by atoms with Crippen LogP contribution in [0.3, 0.4) is 0 Å². The molecule has 0 aliphatic rings. The first-order chi connectivity index (χ1) is 12.3. The molecule has 0 saturated carbocycles. The third-order valence-corrected chi connectivity index (χ3v) is 3.50. The van der Waals surface area contributed by atoms with Crippen LogP contribution in [0, 0.1) is 0 Å². The second-order valence-electron chi connectivity index (χ2n) is 5.15. The smallest absolute Gasteiger partial charge is 0.417 e. The van der Waals surface area contributed by atoms with Gasteiger partial charge in [0.25, 0.3) is 0 Å². The van der Waals surface area contributed by atoms with E-state index in [1.165, 1.54) is 0 Å². The van der Waals surface area contributed by atoms with Crippen molar-refractivity contribution in [2.45, 2.75) is 13.1 Å². The van der Waals surface area contributed by atoms with Crippen LogP contribution in [-0.4, -0.2) is 25.3 Å².